The van der Waals surface area contributed by atoms with Gasteiger partial charge in [-0.1, -0.05) is 96.8 Å². The first-order valence-corrected chi connectivity index (χ1v) is 15.4. The Labute approximate surface area is 210 Å². The number of hydrogen-bond donors (Lipinski definition) is 1. The summed E-state index contributed by atoms with van der Waals surface area (Å²) < 4.78 is 34.8. The van der Waals surface area contributed by atoms with Crippen molar-refractivity contribution in [2.45, 2.75) is 115 Å². The van der Waals surface area contributed by atoms with Crippen molar-refractivity contribution < 1.29 is 32.5 Å². The van der Waals surface area contributed by atoms with Crippen LogP contribution < -0.4 is 0 Å². The highest BCUT2D eigenvalue weighted by molar-refractivity contribution is 7.47. The van der Waals surface area contributed by atoms with E-state index in [1.165, 1.54) is 83.5 Å². The SMILES string of the molecule is CCCCCCCCCCCCCCCC[C@H]1OCCO[C@@H]1COP(=O)(O)OCC[N+](C)(C)C. The van der Waals surface area contributed by atoms with Gasteiger partial charge in [-0.05, 0) is 6.42 Å². The number of hydrogen-bond acceptors (Lipinski definition) is 5. The molecule has 0 radical (unpaired) electrons. The van der Waals surface area contributed by atoms with Crippen LogP contribution in [0.1, 0.15) is 103 Å². The van der Waals surface area contributed by atoms with Gasteiger partial charge in [-0.15, -0.1) is 0 Å². The zero-order valence-electron chi connectivity index (χ0n) is 22.7. The zero-order chi connectivity index (χ0) is 25.1. The molecule has 0 bridgehead atoms. The molecule has 0 saturated carbocycles. The Morgan fingerprint density at radius 3 is 1.74 bits per heavy atom. The topological polar surface area (TPSA) is 74.2 Å². The van der Waals surface area contributed by atoms with Gasteiger partial charge in [0.2, 0.25) is 0 Å². The first-order valence-electron chi connectivity index (χ1n) is 13.9. The fraction of sp³-hybridized carbons (Fsp3) is 1.00. The van der Waals surface area contributed by atoms with E-state index < -0.39 is 7.82 Å². The van der Waals surface area contributed by atoms with Gasteiger partial charge in [-0.25, -0.2) is 4.57 Å². The van der Waals surface area contributed by atoms with E-state index in [-0.39, 0.29) is 25.4 Å². The van der Waals surface area contributed by atoms with Gasteiger partial charge >= 0.3 is 7.82 Å². The molecular weight excluding hydrogens is 453 g/mol. The molecule has 1 rings (SSSR count). The smallest absolute Gasteiger partial charge is 0.373 e. The van der Waals surface area contributed by atoms with Crippen LogP contribution in [-0.4, -0.2) is 75.7 Å². The molecule has 1 fully saturated rings. The molecule has 34 heavy (non-hydrogen) atoms. The zero-order valence-corrected chi connectivity index (χ0v) is 23.6. The third kappa shape index (κ3) is 18.3. The highest BCUT2D eigenvalue weighted by Crippen LogP contribution is 2.43. The fourth-order valence-electron chi connectivity index (χ4n) is 4.21. The summed E-state index contributed by atoms with van der Waals surface area (Å²) in [4.78, 5) is 9.94. The summed E-state index contributed by atoms with van der Waals surface area (Å²) in [5.74, 6) is 0. The Kier molecular flexibility index (Phi) is 18.0. The van der Waals surface area contributed by atoms with Crippen LogP contribution in [0.3, 0.4) is 0 Å². The van der Waals surface area contributed by atoms with Crippen molar-refractivity contribution in [2.24, 2.45) is 0 Å². The largest absolute Gasteiger partial charge is 0.472 e. The molecule has 0 aliphatic carbocycles. The van der Waals surface area contributed by atoms with Crippen molar-refractivity contribution >= 4 is 7.82 Å². The second kappa shape index (κ2) is 19.1. The van der Waals surface area contributed by atoms with E-state index in [4.69, 9.17) is 18.5 Å². The van der Waals surface area contributed by atoms with Gasteiger partial charge in [0, 0.05) is 0 Å². The minimum atomic E-state index is -4.08. The van der Waals surface area contributed by atoms with E-state index >= 15 is 0 Å². The maximum atomic E-state index is 12.2. The van der Waals surface area contributed by atoms with Gasteiger partial charge in [-0.2, -0.15) is 0 Å². The number of phosphoric ester groups is 1. The van der Waals surface area contributed by atoms with Crippen LogP contribution in [0.25, 0.3) is 0 Å². The molecule has 8 heteroatoms. The summed E-state index contributed by atoms with van der Waals surface area (Å²) in [6, 6.07) is 0. The highest BCUT2D eigenvalue weighted by Gasteiger charge is 2.31. The van der Waals surface area contributed by atoms with E-state index in [1.807, 2.05) is 21.1 Å². The summed E-state index contributed by atoms with van der Waals surface area (Å²) in [5.41, 5.74) is 0. The van der Waals surface area contributed by atoms with Gasteiger partial charge in [0.15, 0.2) is 0 Å². The first kappa shape index (κ1) is 32.0. The first-order chi connectivity index (χ1) is 16.2. The van der Waals surface area contributed by atoms with E-state index in [9.17, 15) is 9.46 Å². The number of ether oxygens (including phenoxy) is 2. The van der Waals surface area contributed by atoms with E-state index in [0.29, 0.717) is 24.2 Å². The molecule has 7 nitrogen and oxygen atoms in total. The summed E-state index contributed by atoms with van der Waals surface area (Å²) >= 11 is 0. The van der Waals surface area contributed by atoms with Crippen molar-refractivity contribution in [1.29, 1.82) is 0 Å². The molecule has 0 aromatic carbocycles. The number of rotatable bonds is 22. The van der Waals surface area contributed by atoms with Gasteiger partial charge in [0.1, 0.15) is 19.3 Å². The van der Waals surface area contributed by atoms with Gasteiger partial charge in [-0.3, -0.25) is 9.05 Å². The van der Waals surface area contributed by atoms with Crippen molar-refractivity contribution in [1.82, 2.24) is 0 Å². The molecule has 1 aliphatic heterocycles. The minimum Gasteiger partial charge on any atom is -0.373 e. The summed E-state index contributed by atoms with van der Waals surface area (Å²) in [6.07, 6.45) is 19.2. The van der Waals surface area contributed by atoms with E-state index in [2.05, 4.69) is 6.92 Å². The van der Waals surface area contributed by atoms with Crippen LogP contribution in [-0.2, 0) is 23.1 Å². The average Bonchev–Trinajstić information content (AvgIpc) is 2.77. The van der Waals surface area contributed by atoms with Crippen molar-refractivity contribution in [3.8, 4) is 0 Å². The summed E-state index contributed by atoms with van der Waals surface area (Å²) in [5, 5.41) is 0. The second-order valence-corrected chi connectivity index (χ2v) is 12.3. The number of unbranched alkanes of at least 4 members (excludes halogenated alkanes) is 13. The van der Waals surface area contributed by atoms with Crippen molar-refractivity contribution in [3.63, 3.8) is 0 Å². The Balaban J connectivity index is 2.06. The third-order valence-corrected chi connectivity index (χ3v) is 7.41. The van der Waals surface area contributed by atoms with Crippen LogP contribution >= 0.6 is 7.82 Å². The standard InChI is InChI=1S/C26H54NO6P/c1-5-6-7-8-9-10-11-12-13-14-15-16-17-18-19-25-26(31-23-22-30-25)24-33-34(28,29)32-21-20-27(2,3)4/h25-26H,5-24H2,1-4H3/p+1/t25-,26-/m1/s1. The number of likely N-dealkylation sites (N-methyl/N-ethyl adjacent to an activating group) is 1. The lowest BCUT2D eigenvalue weighted by Gasteiger charge is -2.32. The molecule has 0 aromatic heterocycles. The number of phosphoric acid groups is 1. The van der Waals surface area contributed by atoms with E-state index in [0.717, 1.165) is 12.8 Å². The second-order valence-electron chi connectivity index (χ2n) is 10.8. The number of nitrogens with zero attached hydrogens (tertiary/aromatic N) is 1. The van der Waals surface area contributed by atoms with E-state index in [1.54, 1.807) is 0 Å². The van der Waals surface area contributed by atoms with Gasteiger partial charge in [0.05, 0.1) is 47.1 Å². The predicted octanol–water partition coefficient (Wildman–Crippen LogP) is 6.48. The maximum absolute atomic E-state index is 12.2. The Morgan fingerprint density at radius 2 is 1.24 bits per heavy atom. The normalized spacial score (nSPS) is 21.0. The average molecular weight is 509 g/mol. The molecule has 1 aliphatic rings. The molecule has 1 unspecified atom stereocenters. The van der Waals surface area contributed by atoms with Crippen LogP contribution in [0.15, 0.2) is 0 Å². The fourth-order valence-corrected chi connectivity index (χ4v) is 4.94. The van der Waals surface area contributed by atoms with Crippen LogP contribution in [0, 0.1) is 0 Å². The predicted molar refractivity (Wildman–Crippen MR) is 139 cm³/mol. The van der Waals surface area contributed by atoms with Crippen molar-refractivity contribution in [3.05, 3.63) is 0 Å². The Morgan fingerprint density at radius 1 is 0.765 bits per heavy atom. The quantitative estimate of drug-likeness (QED) is 0.102. The van der Waals surface area contributed by atoms with Crippen LogP contribution in [0.5, 0.6) is 0 Å². The molecule has 0 spiro atoms. The molecular formula is C26H55NO6P+. The lowest BCUT2D eigenvalue weighted by Crippen LogP contribution is -2.41. The molecule has 0 aromatic rings. The number of quaternary nitrogens is 1. The molecule has 3 atom stereocenters. The molecule has 1 saturated heterocycles. The van der Waals surface area contributed by atoms with Gasteiger partial charge < -0.3 is 18.9 Å². The maximum Gasteiger partial charge on any atom is 0.472 e. The lowest BCUT2D eigenvalue weighted by atomic mass is 10.0. The lowest BCUT2D eigenvalue weighted by molar-refractivity contribution is -0.870. The van der Waals surface area contributed by atoms with Gasteiger partial charge in [0.25, 0.3) is 0 Å². The molecule has 0 amide bonds. The van der Waals surface area contributed by atoms with Crippen LogP contribution in [0.4, 0.5) is 0 Å². The Bertz CT molecular complexity index is 528. The summed E-state index contributed by atoms with van der Waals surface area (Å²) in [7, 11) is 1.93. The third-order valence-electron chi connectivity index (χ3n) is 6.42. The highest BCUT2D eigenvalue weighted by atomic mass is 31.2. The molecule has 204 valence electrons. The van der Waals surface area contributed by atoms with Crippen molar-refractivity contribution in [2.75, 3.05) is 54.1 Å². The Hall–Kier alpha value is -0.0100. The minimum absolute atomic E-state index is 0.0153. The molecule has 1 heterocycles. The van der Waals surface area contributed by atoms with Crippen LogP contribution in [0.2, 0.25) is 0 Å². The summed E-state index contributed by atoms with van der Waals surface area (Å²) in [6.45, 7) is 4.13. The monoisotopic (exact) mass is 508 g/mol. The molecule has 1 N–H and O–H groups in total.